The minimum atomic E-state index is -2.25. The van der Waals surface area contributed by atoms with E-state index >= 15 is 14.4 Å². The number of benzene rings is 6. The Balaban J connectivity index is 1.31. The molecular formula is C55H48N4O12. The molecular weight excluding hydrogens is 909 g/mol. The molecule has 6 aromatic carbocycles. The topological polar surface area (TPSA) is 218 Å². The zero-order valence-corrected chi connectivity index (χ0v) is 38.1. The van der Waals surface area contributed by atoms with Gasteiger partial charge in [0.05, 0.1) is 47.9 Å². The molecule has 16 heteroatoms. The number of non-ortho nitro benzene ring substituents is 1. The first-order valence-corrected chi connectivity index (χ1v) is 23.0. The summed E-state index contributed by atoms with van der Waals surface area (Å²) in [4.78, 5) is 76.1. The lowest BCUT2D eigenvalue weighted by Gasteiger charge is -2.46. The molecule has 3 aliphatic heterocycles. The summed E-state index contributed by atoms with van der Waals surface area (Å²) in [6.45, 7) is -1.55. The van der Waals surface area contributed by atoms with Gasteiger partial charge in [0, 0.05) is 36.2 Å². The minimum Gasteiger partial charge on any atom is -0.491 e. The molecule has 0 aliphatic carbocycles. The number of rotatable bonds is 14. The zero-order chi connectivity index (χ0) is 49.6. The molecule has 3 aliphatic rings. The van der Waals surface area contributed by atoms with E-state index in [1.807, 2.05) is 65.6 Å². The lowest BCUT2D eigenvalue weighted by Crippen LogP contribution is -2.56. The molecule has 2 fully saturated rings. The first-order valence-electron chi connectivity index (χ1n) is 23.0. The Morgan fingerprint density at radius 1 is 0.817 bits per heavy atom. The number of cyclic esters (lactones) is 1. The third kappa shape index (κ3) is 8.99. The van der Waals surface area contributed by atoms with Crippen molar-refractivity contribution in [2.24, 2.45) is 5.92 Å². The van der Waals surface area contributed by atoms with Crippen LogP contribution in [0.15, 0.2) is 158 Å². The molecule has 0 aromatic heterocycles. The second kappa shape index (κ2) is 20.8. The number of nitro groups is 1. The van der Waals surface area contributed by atoms with Crippen LogP contribution in [0.1, 0.15) is 69.7 Å². The summed E-state index contributed by atoms with van der Waals surface area (Å²) in [7, 11) is 0. The number of hydrogen-bond acceptors (Lipinski definition) is 13. The average Bonchev–Trinajstić information content (AvgIpc) is 3.86. The van der Waals surface area contributed by atoms with E-state index in [1.54, 1.807) is 66.7 Å². The van der Waals surface area contributed by atoms with Gasteiger partial charge < -0.3 is 34.8 Å². The molecule has 2 saturated heterocycles. The van der Waals surface area contributed by atoms with Crippen molar-refractivity contribution >= 4 is 35.3 Å². The number of nitrogens with one attached hydrogen (secondary N) is 1. The van der Waals surface area contributed by atoms with Gasteiger partial charge in [-0.3, -0.25) is 29.4 Å². The van der Waals surface area contributed by atoms with Crippen molar-refractivity contribution in [3.05, 3.63) is 207 Å². The largest absolute Gasteiger partial charge is 0.491 e. The maximum Gasteiger partial charge on any atom is 0.421 e. The lowest BCUT2D eigenvalue weighted by molar-refractivity contribution is -0.384. The molecule has 0 radical (unpaired) electrons. The van der Waals surface area contributed by atoms with E-state index in [0.717, 1.165) is 4.90 Å². The fourth-order valence-corrected chi connectivity index (χ4v) is 10.2. The second-order valence-corrected chi connectivity index (χ2v) is 17.2. The van der Waals surface area contributed by atoms with Gasteiger partial charge in [-0.1, -0.05) is 121 Å². The number of carbonyl (C=O) groups is 4. The SMILES string of the molecule is O=C1OC(c2ccccc2)C(c2ccccc2)N2C1C(C(=O)NCC(O)c1ccccc1)C1(C(=O)N(C(=O)OCc3ccc([N+](=O)[O-])cc3)c3ccc(C#CCCO)cc31)C2c1ccccc1OCCO. The van der Waals surface area contributed by atoms with E-state index in [-0.39, 0.29) is 55.5 Å². The molecule has 16 nitrogen and oxygen atoms in total. The van der Waals surface area contributed by atoms with E-state index in [0.29, 0.717) is 33.4 Å². The molecule has 4 N–H and O–H groups in total. The number of carbonyl (C=O) groups excluding carboxylic acids is 4. The number of imide groups is 1. The van der Waals surface area contributed by atoms with Crippen LogP contribution in [-0.4, -0.2) is 81.4 Å². The smallest absolute Gasteiger partial charge is 0.421 e. The van der Waals surface area contributed by atoms with Crippen LogP contribution in [-0.2, 0) is 35.9 Å². The summed E-state index contributed by atoms with van der Waals surface area (Å²) < 4.78 is 18.6. The molecule has 3 amide bonds. The zero-order valence-electron chi connectivity index (χ0n) is 38.1. The Bertz CT molecular complexity index is 3000. The number of amides is 3. The molecule has 7 atom stereocenters. The molecule has 0 saturated carbocycles. The highest BCUT2D eigenvalue weighted by Gasteiger charge is 2.76. The molecule has 1 spiro atoms. The van der Waals surface area contributed by atoms with E-state index < -0.39 is 77.1 Å². The third-order valence-electron chi connectivity index (χ3n) is 13.1. The monoisotopic (exact) mass is 956 g/mol. The number of nitrogens with zero attached hydrogens (tertiary/aromatic N) is 3. The molecule has 0 bridgehead atoms. The van der Waals surface area contributed by atoms with Gasteiger partial charge in [0.25, 0.3) is 5.69 Å². The fraction of sp³-hybridized carbons (Fsp3) is 0.236. The number of ether oxygens (including phenoxy) is 3. The predicted molar refractivity (Wildman–Crippen MR) is 257 cm³/mol. The van der Waals surface area contributed by atoms with Gasteiger partial charge in [-0.15, -0.1) is 0 Å². The number of nitro benzene ring substituents is 1. The Hall–Kier alpha value is -8.20. The van der Waals surface area contributed by atoms with Gasteiger partial charge in [-0.25, -0.2) is 9.69 Å². The Kier molecular flexibility index (Phi) is 14.0. The van der Waals surface area contributed by atoms with Crippen molar-refractivity contribution in [1.82, 2.24) is 10.2 Å². The van der Waals surface area contributed by atoms with Crippen molar-refractivity contribution in [2.75, 3.05) is 31.3 Å². The highest BCUT2D eigenvalue weighted by atomic mass is 16.6. The number of aliphatic hydroxyl groups excluding tert-OH is 3. The van der Waals surface area contributed by atoms with Gasteiger partial charge in [-0.05, 0) is 64.2 Å². The maximum atomic E-state index is 16.6. The van der Waals surface area contributed by atoms with Crippen LogP contribution in [0.4, 0.5) is 16.2 Å². The number of morpholine rings is 1. The Labute approximate surface area is 408 Å². The van der Waals surface area contributed by atoms with Crippen molar-refractivity contribution < 1.29 is 53.6 Å². The van der Waals surface area contributed by atoms with Crippen LogP contribution < -0.4 is 15.0 Å². The van der Waals surface area contributed by atoms with Crippen molar-refractivity contribution in [2.45, 2.75) is 48.8 Å². The van der Waals surface area contributed by atoms with E-state index in [4.69, 9.17) is 14.2 Å². The third-order valence-corrected chi connectivity index (χ3v) is 13.1. The van der Waals surface area contributed by atoms with Crippen molar-refractivity contribution in [3.63, 3.8) is 0 Å². The number of esters is 1. The van der Waals surface area contributed by atoms with Crippen LogP contribution in [0.25, 0.3) is 0 Å². The minimum absolute atomic E-state index is 0.0152. The molecule has 360 valence electrons. The van der Waals surface area contributed by atoms with Crippen LogP contribution in [0.5, 0.6) is 5.75 Å². The number of para-hydroxylation sites is 1. The van der Waals surface area contributed by atoms with Gasteiger partial charge in [0.2, 0.25) is 11.8 Å². The highest BCUT2D eigenvalue weighted by molar-refractivity contribution is 6.23. The summed E-state index contributed by atoms with van der Waals surface area (Å²) in [6, 6.07) is 39.9. The average molecular weight is 957 g/mol. The summed E-state index contributed by atoms with van der Waals surface area (Å²) >= 11 is 0. The van der Waals surface area contributed by atoms with Crippen LogP contribution >= 0.6 is 0 Å². The summed E-state index contributed by atoms with van der Waals surface area (Å²) in [6.07, 6.45) is -3.29. The van der Waals surface area contributed by atoms with Crippen molar-refractivity contribution in [3.8, 4) is 17.6 Å². The quantitative estimate of drug-likeness (QED) is 0.0395. The Morgan fingerprint density at radius 3 is 2.15 bits per heavy atom. The molecule has 3 heterocycles. The van der Waals surface area contributed by atoms with Crippen LogP contribution in [0.3, 0.4) is 0 Å². The molecule has 71 heavy (non-hydrogen) atoms. The van der Waals surface area contributed by atoms with Crippen LogP contribution in [0.2, 0.25) is 0 Å². The normalized spacial score (nSPS) is 21.6. The molecule has 7 unspecified atom stereocenters. The van der Waals surface area contributed by atoms with Gasteiger partial charge in [-0.2, -0.15) is 0 Å². The standard InChI is InChI=1S/C55H48N4O12/c60-29-13-12-14-35-25-28-43-42(32-35)55(53(65)57(43)54(66)70-34-36-23-26-40(27-24-36)59(67)68)46(51(63)56-33-44(62)37-15-4-1-5-16-37)48-52(64)71-49(39-19-8-3-9-20-39)47(38-17-6-2-7-18-38)58(48)50(55)41-21-10-11-22-45(41)69-31-30-61/h1-11,15-28,32,44,46-50,60-62H,13,29-31,33-34H2,(H,56,63). The number of fused-ring (bicyclic) bond motifs is 3. The maximum absolute atomic E-state index is 16.6. The predicted octanol–water partition coefficient (Wildman–Crippen LogP) is 6.55. The summed E-state index contributed by atoms with van der Waals surface area (Å²) in [5.41, 5.74) is 0.515. The molecule has 9 rings (SSSR count). The van der Waals surface area contributed by atoms with E-state index in [1.165, 1.54) is 30.3 Å². The number of anilines is 1. The van der Waals surface area contributed by atoms with Crippen molar-refractivity contribution in [1.29, 1.82) is 0 Å². The first-order chi connectivity index (χ1) is 34.6. The Morgan fingerprint density at radius 2 is 1.48 bits per heavy atom. The lowest BCUT2D eigenvalue weighted by atomic mass is 9.65. The van der Waals surface area contributed by atoms with Gasteiger partial charge >= 0.3 is 12.1 Å². The van der Waals surface area contributed by atoms with Gasteiger partial charge in [0.15, 0.2) is 0 Å². The molecule has 6 aromatic rings. The second-order valence-electron chi connectivity index (χ2n) is 17.2. The number of aliphatic hydroxyl groups is 3. The van der Waals surface area contributed by atoms with Gasteiger partial charge in [0.1, 0.15) is 36.5 Å². The highest BCUT2D eigenvalue weighted by Crippen LogP contribution is 2.66. The van der Waals surface area contributed by atoms with E-state index in [2.05, 4.69) is 17.2 Å². The van der Waals surface area contributed by atoms with Crippen LogP contribution in [0, 0.1) is 27.9 Å². The first kappa shape index (κ1) is 47.8. The summed E-state index contributed by atoms with van der Waals surface area (Å²) in [5.74, 6) is 1.81. The summed E-state index contributed by atoms with van der Waals surface area (Å²) in [5, 5.41) is 45.5. The van der Waals surface area contributed by atoms with E-state index in [9.17, 15) is 30.2 Å². The number of hydrogen-bond donors (Lipinski definition) is 4. The fourth-order valence-electron chi connectivity index (χ4n) is 10.2.